The summed E-state index contributed by atoms with van der Waals surface area (Å²) < 4.78 is 5.07. The number of aromatic nitrogens is 1. The van der Waals surface area contributed by atoms with Crippen LogP contribution in [0.4, 0.5) is 11.5 Å². The van der Waals surface area contributed by atoms with Gasteiger partial charge in [-0.2, -0.15) is 0 Å². The summed E-state index contributed by atoms with van der Waals surface area (Å²) in [4.78, 5) is 42.4. The lowest BCUT2D eigenvalue weighted by Crippen LogP contribution is -2.46. The van der Waals surface area contributed by atoms with Gasteiger partial charge in [0.2, 0.25) is 0 Å². The molecule has 3 rings (SSSR count). The van der Waals surface area contributed by atoms with Gasteiger partial charge in [0, 0.05) is 13.5 Å². The molecule has 8 heteroatoms. The van der Waals surface area contributed by atoms with E-state index in [-0.39, 0.29) is 6.04 Å². The van der Waals surface area contributed by atoms with Crippen LogP contribution in [-0.2, 0) is 14.4 Å². The number of likely N-dealkylation sites (tertiary alicyclic amines) is 1. The normalized spacial score (nSPS) is 18.6. The Hall–Kier alpha value is -3.42. The van der Waals surface area contributed by atoms with Crippen molar-refractivity contribution in [2.75, 3.05) is 17.6 Å². The number of aryl methyl sites for hydroxylation is 1. The quantitative estimate of drug-likeness (QED) is 0.457. The molecule has 1 aliphatic rings. The summed E-state index contributed by atoms with van der Waals surface area (Å²) in [7, 11) is 0. The predicted molar refractivity (Wildman–Crippen MR) is 113 cm³/mol. The van der Waals surface area contributed by atoms with E-state index < -0.39 is 17.8 Å². The summed E-state index contributed by atoms with van der Waals surface area (Å²) in [5, 5.41) is 2.62. The zero-order valence-corrected chi connectivity index (χ0v) is 17.3. The van der Waals surface area contributed by atoms with Gasteiger partial charge in [-0.05, 0) is 55.0 Å². The smallest absolute Gasteiger partial charge is 0.313 e. The van der Waals surface area contributed by atoms with Crippen LogP contribution < -0.4 is 15.8 Å². The molecule has 2 unspecified atom stereocenters. The number of anilines is 2. The van der Waals surface area contributed by atoms with Gasteiger partial charge < -0.3 is 20.7 Å². The molecule has 0 spiro atoms. The van der Waals surface area contributed by atoms with Crippen molar-refractivity contribution in [3.8, 4) is 5.75 Å². The molecular weight excluding hydrogens is 384 g/mol. The third kappa shape index (κ3) is 4.94. The van der Waals surface area contributed by atoms with Gasteiger partial charge in [-0.25, -0.2) is 4.98 Å². The monoisotopic (exact) mass is 410 g/mol. The maximum atomic E-state index is 13.0. The van der Waals surface area contributed by atoms with Crippen molar-refractivity contribution >= 4 is 29.3 Å². The molecule has 2 amide bonds. The molecule has 8 nitrogen and oxygen atoms in total. The van der Waals surface area contributed by atoms with Gasteiger partial charge in [-0.15, -0.1) is 0 Å². The summed E-state index contributed by atoms with van der Waals surface area (Å²) in [6.07, 6.45) is 3.12. The standard InChI is InChI=1S/C22H26N4O4/c1-13-4-9-19(16-5-7-18(8-6-16)30-15(3)27)26(12-13)22(29)21(28)25-17-10-14(2)20(23)24-11-17/h5-8,10-11,13,19H,4,9,12H2,1-3H3,(H2,23,24)(H,25,28). The number of esters is 1. The number of piperidine rings is 1. The minimum absolute atomic E-state index is 0.225. The van der Waals surface area contributed by atoms with E-state index in [0.29, 0.717) is 29.7 Å². The van der Waals surface area contributed by atoms with Crippen LogP contribution in [-0.4, -0.2) is 34.2 Å². The van der Waals surface area contributed by atoms with E-state index in [1.54, 1.807) is 30.0 Å². The third-order valence-electron chi connectivity index (χ3n) is 5.18. The number of benzene rings is 1. The first-order valence-electron chi connectivity index (χ1n) is 9.87. The molecule has 2 atom stereocenters. The number of nitrogens with two attached hydrogens (primary N) is 1. The van der Waals surface area contributed by atoms with E-state index in [1.165, 1.54) is 13.1 Å². The van der Waals surface area contributed by atoms with Crippen molar-refractivity contribution in [2.24, 2.45) is 5.92 Å². The second kappa shape index (κ2) is 8.94. The topological polar surface area (TPSA) is 115 Å². The van der Waals surface area contributed by atoms with E-state index in [9.17, 15) is 14.4 Å². The first-order valence-corrected chi connectivity index (χ1v) is 9.87. The van der Waals surface area contributed by atoms with E-state index in [4.69, 9.17) is 10.5 Å². The molecule has 1 saturated heterocycles. The van der Waals surface area contributed by atoms with Crippen LogP contribution in [0.5, 0.6) is 5.75 Å². The number of hydrogen-bond acceptors (Lipinski definition) is 6. The fourth-order valence-corrected chi connectivity index (χ4v) is 3.62. The van der Waals surface area contributed by atoms with E-state index >= 15 is 0 Å². The van der Waals surface area contributed by atoms with E-state index in [0.717, 1.165) is 24.0 Å². The Labute approximate surface area is 175 Å². The maximum Gasteiger partial charge on any atom is 0.313 e. The zero-order chi connectivity index (χ0) is 21.8. The highest BCUT2D eigenvalue weighted by molar-refractivity contribution is 6.39. The van der Waals surface area contributed by atoms with Crippen LogP contribution in [0.2, 0.25) is 0 Å². The fraction of sp³-hybridized carbons (Fsp3) is 0.364. The number of hydrogen-bond donors (Lipinski definition) is 2. The minimum atomic E-state index is -0.711. The number of nitrogen functional groups attached to an aromatic ring is 1. The van der Waals surface area contributed by atoms with Crippen LogP contribution in [0.15, 0.2) is 36.5 Å². The van der Waals surface area contributed by atoms with Crippen molar-refractivity contribution in [3.05, 3.63) is 47.7 Å². The highest BCUT2D eigenvalue weighted by atomic mass is 16.5. The summed E-state index contributed by atoms with van der Waals surface area (Å²) in [5.74, 6) is -0.589. The lowest BCUT2D eigenvalue weighted by Gasteiger charge is -2.38. The molecule has 0 aliphatic carbocycles. The molecule has 0 radical (unpaired) electrons. The molecule has 30 heavy (non-hydrogen) atoms. The largest absolute Gasteiger partial charge is 0.427 e. The molecule has 2 aromatic rings. The minimum Gasteiger partial charge on any atom is -0.427 e. The molecule has 1 aromatic carbocycles. The summed E-state index contributed by atoms with van der Waals surface area (Å²) >= 11 is 0. The summed E-state index contributed by atoms with van der Waals surface area (Å²) in [6, 6.07) is 8.49. The van der Waals surface area contributed by atoms with Crippen molar-refractivity contribution in [1.82, 2.24) is 9.88 Å². The van der Waals surface area contributed by atoms with Crippen LogP contribution in [0.3, 0.4) is 0 Å². The van der Waals surface area contributed by atoms with Crippen LogP contribution >= 0.6 is 0 Å². The lowest BCUT2D eigenvalue weighted by atomic mass is 9.89. The fourth-order valence-electron chi connectivity index (χ4n) is 3.62. The molecule has 1 aromatic heterocycles. The summed E-state index contributed by atoms with van der Waals surface area (Å²) in [5.41, 5.74) is 7.74. The number of amides is 2. The average molecular weight is 410 g/mol. The number of nitrogens with one attached hydrogen (secondary N) is 1. The zero-order valence-electron chi connectivity index (χ0n) is 17.3. The maximum absolute atomic E-state index is 13.0. The van der Waals surface area contributed by atoms with Gasteiger partial charge in [0.15, 0.2) is 0 Å². The number of nitrogens with zero attached hydrogens (tertiary/aromatic N) is 2. The molecule has 158 valence electrons. The Balaban J connectivity index is 1.77. The van der Waals surface area contributed by atoms with E-state index in [1.807, 2.05) is 12.1 Å². The molecule has 2 heterocycles. The molecule has 0 saturated carbocycles. The number of carbonyl (C=O) groups is 3. The van der Waals surface area contributed by atoms with Crippen LogP contribution in [0.1, 0.15) is 43.9 Å². The molecule has 1 aliphatic heterocycles. The SMILES string of the molecule is CC(=O)Oc1ccc(C2CCC(C)CN2C(=O)C(=O)Nc2cnc(N)c(C)c2)cc1. The van der Waals surface area contributed by atoms with Gasteiger partial charge in [0.05, 0.1) is 17.9 Å². The van der Waals surface area contributed by atoms with Crippen molar-refractivity contribution in [1.29, 1.82) is 0 Å². The highest BCUT2D eigenvalue weighted by Crippen LogP contribution is 2.34. The summed E-state index contributed by atoms with van der Waals surface area (Å²) in [6.45, 7) is 5.67. The third-order valence-corrected chi connectivity index (χ3v) is 5.18. The molecule has 1 fully saturated rings. The molecule has 3 N–H and O–H groups in total. The number of ether oxygens (including phenoxy) is 1. The van der Waals surface area contributed by atoms with Gasteiger partial charge >= 0.3 is 17.8 Å². The number of carbonyl (C=O) groups excluding carboxylic acids is 3. The molecular formula is C22H26N4O4. The predicted octanol–water partition coefficient (Wildman–Crippen LogP) is 2.84. The average Bonchev–Trinajstić information content (AvgIpc) is 2.70. The Morgan fingerprint density at radius 1 is 1.20 bits per heavy atom. The Morgan fingerprint density at radius 3 is 2.53 bits per heavy atom. The van der Waals surface area contributed by atoms with Gasteiger partial charge in [0.1, 0.15) is 11.6 Å². The Bertz CT molecular complexity index is 958. The number of pyridine rings is 1. The van der Waals surface area contributed by atoms with Gasteiger partial charge in [-0.1, -0.05) is 19.1 Å². The van der Waals surface area contributed by atoms with Crippen LogP contribution in [0, 0.1) is 12.8 Å². The first kappa shape index (κ1) is 21.3. The second-order valence-electron chi connectivity index (χ2n) is 7.70. The highest BCUT2D eigenvalue weighted by Gasteiger charge is 2.34. The Morgan fingerprint density at radius 2 is 1.90 bits per heavy atom. The van der Waals surface area contributed by atoms with Crippen molar-refractivity contribution < 1.29 is 19.1 Å². The number of rotatable bonds is 3. The lowest BCUT2D eigenvalue weighted by molar-refractivity contribution is -0.146. The van der Waals surface area contributed by atoms with Gasteiger partial charge in [0.25, 0.3) is 0 Å². The molecule has 0 bridgehead atoms. The second-order valence-corrected chi connectivity index (χ2v) is 7.70. The van der Waals surface area contributed by atoms with Crippen molar-refractivity contribution in [2.45, 2.75) is 39.7 Å². The Kier molecular flexibility index (Phi) is 6.34. The first-order chi connectivity index (χ1) is 14.2. The van der Waals surface area contributed by atoms with Crippen molar-refractivity contribution in [3.63, 3.8) is 0 Å². The van der Waals surface area contributed by atoms with Crippen LogP contribution in [0.25, 0.3) is 0 Å². The van der Waals surface area contributed by atoms with Gasteiger partial charge in [-0.3, -0.25) is 14.4 Å². The van der Waals surface area contributed by atoms with E-state index in [2.05, 4.69) is 17.2 Å².